The summed E-state index contributed by atoms with van der Waals surface area (Å²) in [6.07, 6.45) is 4.58. The van der Waals surface area contributed by atoms with Gasteiger partial charge >= 0.3 is 0 Å². The Morgan fingerprint density at radius 3 is 2.55 bits per heavy atom. The molecule has 170 valence electrons. The number of amides is 1. The summed E-state index contributed by atoms with van der Waals surface area (Å²) in [7, 11) is 1.88. The number of likely N-dealkylation sites (tertiary alicyclic amines) is 1. The Balaban J connectivity index is 1.38. The van der Waals surface area contributed by atoms with Gasteiger partial charge in [0.15, 0.2) is 5.69 Å². The van der Waals surface area contributed by atoms with Crippen molar-refractivity contribution in [3.05, 3.63) is 30.0 Å². The second kappa shape index (κ2) is 10.1. The fourth-order valence-corrected chi connectivity index (χ4v) is 5.18. The second-order valence-electron chi connectivity index (χ2n) is 9.19. The summed E-state index contributed by atoms with van der Waals surface area (Å²) in [6.45, 7) is 10.1. The van der Waals surface area contributed by atoms with E-state index in [0.29, 0.717) is 30.4 Å². The third-order valence-electron chi connectivity index (χ3n) is 6.99. The standard InChI is InChI=1S/C24H37N5O2/c1-18(2)28-13-8-19(9-14-28)29(20-10-16-31-17-11-20)15-12-25-24(30)23-21-6-4-5-7-22(21)27(3)26-23/h4-7,18-20H,8-17H2,1-3H3,(H,25,30). The van der Waals surface area contributed by atoms with Crippen molar-refractivity contribution in [3.63, 3.8) is 0 Å². The molecule has 31 heavy (non-hydrogen) atoms. The van der Waals surface area contributed by atoms with Gasteiger partial charge in [-0.05, 0) is 58.7 Å². The first-order valence-electron chi connectivity index (χ1n) is 11.8. The average Bonchev–Trinajstić information content (AvgIpc) is 3.14. The molecule has 0 radical (unpaired) electrons. The first-order valence-corrected chi connectivity index (χ1v) is 11.8. The molecule has 0 unspecified atom stereocenters. The van der Waals surface area contributed by atoms with E-state index in [1.165, 1.54) is 12.8 Å². The topological polar surface area (TPSA) is 62.6 Å². The highest BCUT2D eigenvalue weighted by Gasteiger charge is 2.31. The van der Waals surface area contributed by atoms with Gasteiger partial charge in [0.05, 0.1) is 5.52 Å². The predicted molar refractivity (Wildman–Crippen MR) is 123 cm³/mol. The molecule has 2 aromatic rings. The molecule has 7 heteroatoms. The molecule has 0 saturated carbocycles. The maximum absolute atomic E-state index is 12.9. The Bertz CT molecular complexity index is 866. The Morgan fingerprint density at radius 2 is 1.84 bits per heavy atom. The fraction of sp³-hybridized carbons (Fsp3) is 0.667. The summed E-state index contributed by atoms with van der Waals surface area (Å²) in [5.74, 6) is -0.0849. The Kier molecular flexibility index (Phi) is 7.25. The van der Waals surface area contributed by atoms with Crippen molar-refractivity contribution in [1.82, 2.24) is 24.9 Å². The number of nitrogens with zero attached hydrogens (tertiary/aromatic N) is 4. The zero-order valence-electron chi connectivity index (χ0n) is 19.2. The summed E-state index contributed by atoms with van der Waals surface area (Å²) < 4.78 is 7.39. The van der Waals surface area contributed by atoms with Gasteiger partial charge in [0.1, 0.15) is 0 Å². The number of hydrogen-bond donors (Lipinski definition) is 1. The van der Waals surface area contributed by atoms with Crippen LogP contribution < -0.4 is 5.32 Å². The molecular formula is C24H37N5O2. The van der Waals surface area contributed by atoms with Gasteiger partial charge in [-0.2, -0.15) is 5.10 Å². The van der Waals surface area contributed by atoms with Gasteiger partial charge in [-0.1, -0.05) is 18.2 Å². The quantitative estimate of drug-likeness (QED) is 0.736. The number of piperidine rings is 1. The number of ether oxygens (including phenoxy) is 1. The first kappa shape index (κ1) is 22.2. The molecule has 2 aliphatic rings. The monoisotopic (exact) mass is 427 g/mol. The van der Waals surface area contributed by atoms with Crippen LogP contribution in [0.1, 0.15) is 50.0 Å². The van der Waals surface area contributed by atoms with E-state index in [1.807, 2.05) is 31.3 Å². The van der Waals surface area contributed by atoms with E-state index < -0.39 is 0 Å². The van der Waals surface area contributed by atoms with Crippen molar-refractivity contribution in [2.24, 2.45) is 7.05 Å². The van der Waals surface area contributed by atoms with Crippen molar-refractivity contribution in [2.45, 2.75) is 57.7 Å². The van der Waals surface area contributed by atoms with Crippen LogP contribution in [0.2, 0.25) is 0 Å². The normalized spacial score (nSPS) is 19.5. The van der Waals surface area contributed by atoms with Crippen LogP contribution in [0.3, 0.4) is 0 Å². The van der Waals surface area contributed by atoms with E-state index in [0.717, 1.165) is 56.6 Å². The number of aryl methyl sites for hydroxylation is 1. The Labute approximate surface area is 185 Å². The highest BCUT2D eigenvalue weighted by Crippen LogP contribution is 2.24. The Morgan fingerprint density at radius 1 is 1.16 bits per heavy atom. The minimum Gasteiger partial charge on any atom is -0.381 e. The number of hydrogen-bond acceptors (Lipinski definition) is 5. The molecule has 2 fully saturated rings. The summed E-state index contributed by atoms with van der Waals surface area (Å²) >= 11 is 0. The van der Waals surface area contributed by atoms with Crippen LogP contribution in [-0.4, -0.2) is 83.0 Å². The fourth-order valence-electron chi connectivity index (χ4n) is 5.18. The van der Waals surface area contributed by atoms with Crippen molar-refractivity contribution in [2.75, 3.05) is 39.4 Å². The Hall–Kier alpha value is -1.96. The molecule has 1 amide bonds. The van der Waals surface area contributed by atoms with Gasteiger partial charge in [0, 0.05) is 56.9 Å². The van der Waals surface area contributed by atoms with E-state index in [2.05, 4.69) is 34.1 Å². The van der Waals surface area contributed by atoms with Crippen LogP contribution >= 0.6 is 0 Å². The minimum absolute atomic E-state index is 0.0849. The molecule has 0 bridgehead atoms. The van der Waals surface area contributed by atoms with Crippen molar-refractivity contribution in [3.8, 4) is 0 Å². The third-order valence-corrected chi connectivity index (χ3v) is 6.99. The number of fused-ring (bicyclic) bond motifs is 1. The molecule has 2 saturated heterocycles. The van der Waals surface area contributed by atoms with Gasteiger partial charge in [-0.25, -0.2) is 0 Å². The molecule has 3 heterocycles. The lowest BCUT2D eigenvalue weighted by Gasteiger charge is -2.44. The second-order valence-corrected chi connectivity index (χ2v) is 9.19. The molecule has 7 nitrogen and oxygen atoms in total. The molecule has 4 rings (SSSR count). The maximum Gasteiger partial charge on any atom is 0.272 e. The van der Waals surface area contributed by atoms with Crippen molar-refractivity contribution < 1.29 is 9.53 Å². The largest absolute Gasteiger partial charge is 0.381 e. The average molecular weight is 428 g/mol. The van der Waals surface area contributed by atoms with Crippen LogP contribution in [0.5, 0.6) is 0 Å². The predicted octanol–water partition coefficient (Wildman–Crippen LogP) is 2.66. The number of nitrogens with one attached hydrogen (secondary N) is 1. The van der Waals surface area contributed by atoms with E-state index in [1.54, 1.807) is 4.68 Å². The zero-order valence-corrected chi connectivity index (χ0v) is 19.2. The molecular weight excluding hydrogens is 390 g/mol. The molecule has 0 spiro atoms. The summed E-state index contributed by atoms with van der Waals surface area (Å²) in [5.41, 5.74) is 1.49. The number of carbonyl (C=O) groups excluding carboxylic acids is 1. The number of rotatable bonds is 7. The van der Waals surface area contributed by atoms with Crippen LogP contribution in [-0.2, 0) is 11.8 Å². The third kappa shape index (κ3) is 5.10. The number of benzene rings is 1. The van der Waals surface area contributed by atoms with E-state index in [-0.39, 0.29) is 5.91 Å². The van der Waals surface area contributed by atoms with Crippen LogP contribution in [0.25, 0.3) is 10.9 Å². The lowest BCUT2D eigenvalue weighted by Crippen LogP contribution is -2.53. The maximum atomic E-state index is 12.9. The first-order chi connectivity index (χ1) is 15.0. The van der Waals surface area contributed by atoms with Gasteiger partial charge in [0.25, 0.3) is 5.91 Å². The highest BCUT2D eigenvalue weighted by atomic mass is 16.5. The minimum atomic E-state index is -0.0849. The molecule has 0 aliphatic carbocycles. The number of aromatic nitrogens is 2. The van der Waals surface area contributed by atoms with Gasteiger partial charge in [-0.15, -0.1) is 0 Å². The van der Waals surface area contributed by atoms with Crippen molar-refractivity contribution in [1.29, 1.82) is 0 Å². The molecule has 0 atom stereocenters. The number of para-hydroxylation sites is 1. The van der Waals surface area contributed by atoms with Crippen molar-refractivity contribution >= 4 is 16.8 Å². The summed E-state index contributed by atoms with van der Waals surface area (Å²) in [5, 5.41) is 8.51. The lowest BCUT2D eigenvalue weighted by atomic mass is 9.97. The smallest absolute Gasteiger partial charge is 0.272 e. The molecule has 2 aliphatic heterocycles. The summed E-state index contributed by atoms with van der Waals surface area (Å²) in [4.78, 5) is 18.1. The highest BCUT2D eigenvalue weighted by molar-refractivity contribution is 6.04. The molecule has 1 N–H and O–H groups in total. The van der Waals surface area contributed by atoms with Gasteiger partial charge in [-0.3, -0.25) is 14.4 Å². The summed E-state index contributed by atoms with van der Waals surface area (Å²) in [6, 6.07) is 9.65. The van der Waals surface area contributed by atoms with E-state index in [9.17, 15) is 4.79 Å². The van der Waals surface area contributed by atoms with E-state index >= 15 is 0 Å². The lowest BCUT2D eigenvalue weighted by molar-refractivity contribution is 0.0000198. The van der Waals surface area contributed by atoms with E-state index in [4.69, 9.17) is 4.74 Å². The SMILES string of the molecule is CC(C)N1CCC(N(CCNC(=O)c2nn(C)c3ccccc23)C2CCOCC2)CC1. The van der Waals surface area contributed by atoms with Crippen LogP contribution in [0, 0.1) is 0 Å². The van der Waals surface area contributed by atoms with Crippen LogP contribution in [0.4, 0.5) is 0 Å². The van der Waals surface area contributed by atoms with Gasteiger partial charge < -0.3 is 15.0 Å². The molecule has 1 aromatic heterocycles. The molecule has 1 aromatic carbocycles. The van der Waals surface area contributed by atoms with Crippen LogP contribution in [0.15, 0.2) is 24.3 Å². The zero-order chi connectivity index (χ0) is 21.8. The van der Waals surface area contributed by atoms with Gasteiger partial charge in [0.2, 0.25) is 0 Å². The number of carbonyl (C=O) groups is 1.